The van der Waals surface area contributed by atoms with Gasteiger partial charge in [-0.15, -0.1) is 0 Å². The number of carbonyl (C=O) groups is 1. The van der Waals surface area contributed by atoms with Gasteiger partial charge in [0.2, 0.25) is 0 Å². The molecule has 0 aromatic heterocycles. The van der Waals surface area contributed by atoms with Gasteiger partial charge in [0, 0.05) is 12.1 Å². The molecule has 0 amide bonds. The van der Waals surface area contributed by atoms with Crippen molar-refractivity contribution in [2.45, 2.75) is 39.3 Å². The number of likely N-dealkylation sites (N-methyl/N-ethyl adjacent to an activating group) is 1. The normalized spacial score (nSPS) is 12.4. The van der Waals surface area contributed by atoms with Crippen molar-refractivity contribution in [1.29, 1.82) is 0 Å². The van der Waals surface area contributed by atoms with Crippen LogP contribution in [0.4, 0.5) is 0 Å². The van der Waals surface area contributed by atoms with Crippen molar-refractivity contribution in [3.8, 4) is 5.75 Å². The van der Waals surface area contributed by atoms with E-state index in [0.717, 1.165) is 24.2 Å². The molecule has 0 bridgehead atoms. The van der Waals surface area contributed by atoms with Gasteiger partial charge in [-0.2, -0.15) is 0 Å². The molecule has 1 aromatic rings. The molecular formula is C15H23NO3. The lowest BCUT2D eigenvalue weighted by atomic mass is 10.1. The summed E-state index contributed by atoms with van der Waals surface area (Å²) in [6, 6.07) is 7.28. The van der Waals surface area contributed by atoms with Crippen molar-refractivity contribution < 1.29 is 14.6 Å². The van der Waals surface area contributed by atoms with Crippen molar-refractivity contribution in [2.24, 2.45) is 0 Å². The van der Waals surface area contributed by atoms with E-state index in [-0.39, 0.29) is 0 Å². The van der Waals surface area contributed by atoms with Crippen LogP contribution < -0.4 is 4.74 Å². The van der Waals surface area contributed by atoms with Crippen molar-refractivity contribution >= 4 is 5.97 Å². The van der Waals surface area contributed by atoms with Gasteiger partial charge in [-0.25, -0.2) is 0 Å². The first-order valence-corrected chi connectivity index (χ1v) is 6.70. The summed E-state index contributed by atoms with van der Waals surface area (Å²) in [6.45, 7) is 5.07. The molecule has 0 aliphatic heterocycles. The number of hydrogen-bond acceptors (Lipinski definition) is 3. The molecule has 106 valence electrons. The standard InChI is InChI=1S/C15H23NO3/c1-4-5-10-19-14-9-7-6-8-13(14)11-16(3)12(2)15(17)18/h6-9,12H,4-5,10-11H2,1-3H3,(H,17,18). The van der Waals surface area contributed by atoms with Gasteiger partial charge in [0.15, 0.2) is 0 Å². The molecule has 0 aliphatic rings. The average Bonchev–Trinajstić information content (AvgIpc) is 2.39. The van der Waals surface area contributed by atoms with Crippen LogP contribution in [0, 0.1) is 0 Å². The molecule has 0 heterocycles. The third-order valence-electron chi connectivity index (χ3n) is 3.17. The van der Waals surface area contributed by atoms with Crippen LogP contribution in [0.3, 0.4) is 0 Å². The molecule has 4 nitrogen and oxygen atoms in total. The van der Waals surface area contributed by atoms with Crippen LogP contribution in [0.5, 0.6) is 5.75 Å². The molecule has 1 N–H and O–H groups in total. The summed E-state index contributed by atoms with van der Waals surface area (Å²) in [5.41, 5.74) is 1.02. The summed E-state index contributed by atoms with van der Waals surface area (Å²) in [5, 5.41) is 9.00. The molecule has 19 heavy (non-hydrogen) atoms. The van der Waals surface area contributed by atoms with Gasteiger partial charge < -0.3 is 9.84 Å². The van der Waals surface area contributed by atoms with E-state index in [4.69, 9.17) is 9.84 Å². The summed E-state index contributed by atoms with van der Waals surface area (Å²) in [7, 11) is 1.81. The Labute approximate surface area is 115 Å². The first-order valence-electron chi connectivity index (χ1n) is 6.70. The lowest BCUT2D eigenvalue weighted by molar-refractivity contribution is -0.142. The maximum atomic E-state index is 11.0. The molecule has 0 aliphatic carbocycles. The lowest BCUT2D eigenvalue weighted by Gasteiger charge is -2.22. The topological polar surface area (TPSA) is 49.8 Å². The second-order valence-electron chi connectivity index (χ2n) is 4.74. The predicted octanol–water partition coefficient (Wildman–Crippen LogP) is 2.77. The highest BCUT2D eigenvalue weighted by molar-refractivity contribution is 5.72. The minimum absolute atomic E-state index is 0.510. The Morgan fingerprint density at radius 3 is 2.74 bits per heavy atom. The number of unbranched alkanes of at least 4 members (excludes halogenated alkanes) is 1. The number of aliphatic carboxylic acids is 1. The van der Waals surface area contributed by atoms with E-state index in [1.54, 1.807) is 11.8 Å². The van der Waals surface area contributed by atoms with Crippen LogP contribution in [-0.2, 0) is 11.3 Å². The van der Waals surface area contributed by atoms with E-state index >= 15 is 0 Å². The first kappa shape index (κ1) is 15.5. The minimum atomic E-state index is -0.813. The Morgan fingerprint density at radius 2 is 2.11 bits per heavy atom. The van der Waals surface area contributed by atoms with Gasteiger partial charge in [-0.05, 0) is 26.5 Å². The summed E-state index contributed by atoms with van der Waals surface area (Å²) in [4.78, 5) is 12.7. The molecule has 1 aromatic carbocycles. The zero-order valence-corrected chi connectivity index (χ0v) is 11.9. The third-order valence-corrected chi connectivity index (χ3v) is 3.17. The van der Waals surface area contributed by atoms with Crippen molar-refractivity contribution in [1.82, 2.24) is 4.90 Å². The SMILES string of the molecule is CCCCOc1ccccc1CN(C)C(C)C(=O)O. The maximum Gasteiger partial charge on any atom is 0.320 e. The summed E-state index contributed by atoms with van der Waals surface area (Å²) in [6.07, 6.45) is 2.12. The first-order chi connectivity index (χ1) is 9.06. The largest absolute Gasteiger partial charge is 0.493 e. The molecule has 0 saturated carbocycles. The third kappa shape index (κ3) is 4.91. The molecule has 1 rings (SSSR count). The highest BCUT2D eigenvalue weighted by Crippen LogP contribution is 2.20. The lowest BCUT2D eigenvalue weighted by Crippen LogP contribution is -2.35. The smallest absolute Gasteiger partial charge is 0.320 e. The number of nitrogens with zero attached hydrogens (tertiary/aromatic N) is 1. The number of carboxylic acid groups (broad SMARTS) is 1. The summed E-state index contributed by atoms with van der Waals surface area (Å²) in [5.74, 6) is 0.0345. The van der Waals surface area contributed by atoms with E-state index in [1.807, 2.05) is 31.3 Å². The minimum Gasteiger partial charge on any atom is -0.493 e. The number of para-hydroxylation sites is 1. The van der Waals surface area contributed by atoms with Gasteiger partial charge in [0.1, 0.15) is 11.8 Å². The molecule has 0 saturated heterocycles. The van der Waals surface area contributed by atoms with Crippen LogP contribution in [0.25, 0.3) is 0 Å². The van der Waals surface area contributed by atoms with E-state index in [2.05, 4.69) is 6.92 Å². The van der Waals surface area contributed by atoms with E-state index in [0.29, 0.717) is 13.2 Å². The van der Waals surface area contributed by atoms with Gasteiger partial charge >= 0.3 is 5.97 Å². The molecule has 4 heteroatoms. The second-order valence-corrected chi connectivity index (χ2v) is 4.74. The van der Waals surface area contributed by atoms with Crippen LogP contribution in [0.2, 0.25) is 0 Å². The van der Waals surface area contributed by atoms with Gasteiger partial charge in [0.25, 0.3) is 0 Å². The van der Waals surface area contributed by atoms with E-state index < -0.39 is 12.0 Å². The molecular weight excluding hydrogens is 242 g/mol. The highest BCUT2D eigenvalue weighted by atomic mass is 16.5. The zero-order chi connectivity index (χ0) is 14.3. The van der Waals surface area contributed by atoms with Crippen molar-refractivity contribution in [3.63, 3.8) is 0 Å². The molecule has 1 unspecified atom stereocenters. The number of ether oxygens (including phenoxy) is 1. The number of benzene rings is 1. The fourth-order valence-corrected chi connectivity index (χ4v) is 1.70. The quantitative estimate of drug-likeness (QED) is 0.734. The van der Waals surface area contributed by atoms with E-state index in [1.165, 1.54) is 0 Å². The second kappa shape index (κ2) is 7.79. The monoisotopic (exact) mass is 265 g/mol. The maximum absolute atomic E-state index is 11.0. The van der Waals surface area contributed by atoms with Crippen molar-refractivity contribution in [2.75, 3.05) is 13.7 Å². The van der Waals surface area contributed by atoms with Crippen LogP contribution in [0.1, 0.15) is 32.3 Å². The molecule has 0 spiro atoms. The Morgan fingerprint density at radius 1 is 1.42 bits per heavy atom. The average molecular weight is 265 g/mol. The molecule has 1 atom stereocenters. The summed E-state index contributed by atoms with van der Waals surface area (Å²) >= 11 is 0. The molecule has 0 fully saturated rings. The van der Waals surface area contributed by atoms with Gasteiger partial charge in [-0.1, -0.05) is 31.5 Å². The van der Waals surface area contributed by atoms with Crippen LogP contribution in [0.15, 0.2) is 24.3 Å². The van der Waals surface area contributed by atoms with Crippen LogP contribution in [-0.4, -0.2) is 35.7 Å². The Hall–Kier alpha value is -1.55. The Bertz CT molecular complexity index is 406. The number of carboxylic acids is 1. The Kier molecular flexibility index (Phi) is 6.36. The fourth-order valence-electron chi connectivity index (χ4n) is 1.70. The zero-order valence-electron chi connectivity index (χ0n) is 11.9. The van der Waals surface area contributed by atoms with E-state index in [9.17, 15) is 4.79 Å². The highest BCUT2D eigenvalue weighted by Gasteiger charge is 2.17. The fraction of sp³-hybridized carbons (Fsp3) is 0.533. The van der Waals surface area contributed by atoms with Crippen molar-refractivity contribution in [3.05, 3.63) is 29.8 Å². The number of rotatable bonds is 8. The van der Waals surface area contributed by atoms with Gasteiger partial charge in [0.05, 0.1) is 6.61 Å². The molecule has 0 radical (unpaired) electrons. The Balaban J connectivity index is 2.69. The van der Waals surface area contributed by atoms with Gasteiger partial charge in [-0.3, -0.25) is 9.69 Å². The van der Waals surface area contributed by atoms with Crippen LogP contribution >= 0.6 is 0 Å². The summed E-state index contributed by atoms with van der Waals surface area (Å²) < 4.78 is 5.74. The predicted molar refractivity (Wildman–Crippen MR) is 75.4 cm³/mol. The number of hydrogen-bond donors (Lipinski definition) is 1.